The molecule has 1 unspecified atom stereocenters. The molecule has 0 aromatic heterocycles. The van der Waals surface area contributed by atoms with Gasteiger partial charge in [0.25, 0.3) is 0 Å². The van der Waals surface area contributed by atoms with Crippen LogP contribution in [0.3, 0.4) is 0 Å². The Balaban J connectivity index is 1.50. The van der Waals surface area contributed by atoms with Crippen LogP contribution in [0, 0.1) is 5.92 Å². The summed E-state index contributed by atoms with van der Waals surface area (Å²) in [5.41, 5.74) is 2.27. The molecule has 1 aromatic rings. The number of carbonyl (C=O) groups is 1. The molecular weight excluding hydrogens is 280 g/mol. The van der Waals surface area contributed by atoms with E-state index in [1.165, 1.54) is 5.56 Å². The summed E-state index contributed by atoms with van der Waals surface area (Å²) in [4.78, 5) is 14.2. The fourth-order valence-corrected chi connectivity index (χ4v) is 3.29. The number of benzene rings is 1. The van der Waals surface area contributed by atoms with E-state index >= 15 is 0 Å². The first-order valence-corrected chi connectivity index (χ1v) is 7.99. The van der Waals surface area contributed by atoms with Gasteiger partial charge in [-0.3, -0.25) is 4.90 Å². The lowest BCUT2D eigenvalue weighted by molar-refractivity contribution is -0.153. The van der Waals surface area contributed by atoms with Crippen LogP contribution < -0.4 is 10.2 Å². The summed E-state index contributed by atoms with van der Waals surface area (Å²) >= 11 is 0. The van der Waals surface area contributed by atoms with Crippen LogP contribution in [0.1, 0.15) is 25.8 Å². The number of nitrogens with zero attached hydrogens (tertiary/aromatic N) is 1. The van der Waals surface area contributed by atoms with Crippen LogP contribution in [0.5, 0.6) is 0 Å². The Kier molecular flexibility index (Phi) is 4.36. The largest absolute Gasteiger partial charge is 0.348 e. The first kappa shape index (κ1) is 15.3. The number of amides is 2. The molecule has 0 radical (unpaired) electrons. The second kappa shape index (κ2) is 6.26. The quantitative estimate of drug-likeness (QED) is 0.930. The van der Waals surface area contributed by atoms with Crippen molar-refractivity contribution >= 4 is 11.7 Å². The Hall–Kier alpha value is -1.59. The third kappa shape index (κ3) is 3.25. The van der Waals surface area contributed by atoms with Gasteiger partial charge in [0.05, 0.1) is 13.2 Å². The number of ether oxygens (including phenoxy) is 2. The van der Waals surface area contributed by atoms with Crippen molar-refractivity contribution in [2.75, 3.05) is 31.2 Å². The van der Waals surface area contributed by atoms with Crippen LogP contribution in [0.2, 0.25) is 0 Å². The van der Waals surface area contributed by atoms with Crippen molar-refractivity contribution < 1.29 is 14.3 Å². The zero-order valence-electron chi connectivity index (χ0n) is 13.3. The number of urea groups is 1. The SMILES string of the molecule is CC(CNC(=O)N1CCc2ccccc21)CC1(C)OCCO1. The number of hydrogen-bond acceptors (Lipinski definition) is 3. The summed E-state index contributed by atoms with van der Waals surface area (Å²) in [6.07, 6.45) is 1.71. The van der Waals surface area contributed by atoms with Crippen molar-refractivity contribution in [3.63, 3.8) is 0 Å². The normalized spacial score (nSPS) is 20.7. The maximum atomic E-state index is 12.4. The molecule has 2 amide bonds. The zero-order valence-corrected chi connectivity index (χ0v) is 13.3. The molecule has 3 rings (SSSR count). The van der Waals surface area contributed by atoms with E-state index in [1.54, 1.807) is 0 Å². The van der Waals surface area contributed by atoms with Crippen molar-refractivity contribution in [2.45, 2.75) is 32.5 Å². The van der Waals surface area contributed by atoms with Gasteiger partial charge in [-0.15, -0.1) is 0 Å². The van der Waals surface area contributed by atoms with Crippen molar-refractivity contribution in [3.05, 3.63) is 29.8 Å². The number of fused-ring (bicyclic) bond motifs is 1. The fraction of sp³-hybridized carbons (Fsp3) is 0.588. The van der Waals surface area contributed by atoms with Crippen LogP contribution in [0.25, 0.3) is 0 Å². The standard InChI is InChI=1S/C17H24N2O3/c1-13(11-17(2)21-9-10-22-17)12-18-16(20)19-8-7-14-5-3-4-6-15(14)19/h3-6,13H,7-12H2,1-2H3,(H,18,20). The van der Waals surface area contributed by atoms with E-state index in [1.807, 2.05) is 30.0 Å². The summed E-state index contributed by atoms with van der Waals surface area (Å²) in [7, 11) is 0. The van der Waals surface area contributed by atoms with Crippen molar-refractivity contribution in [2.24, 2.45) is 5.92 Å². The van der Waals surface area contributed by atoms with E-state index in [-0.39, 0.29) is 6.03 Å². The van der Waals surface area contributed by atoms with Crippen LogP contribution in [0.15, 0.2) is 24.3 Å². The second-order valence-electron chi connectivity index (χ2n) is 6.36. The molecule has 0 aliphatic carbocycles. The second-order valence-corrected chi connectivity index (χ2v) is 6.36. The molecule has 2 aliphatic heterocycles. The van der Waals surface area contributed by atoms with E-state index < -0.39 is 5.79 Å². The highest BCUT2D eigenvalue weighted by Crippen LogP contribution is 2.28. The average molecular weight is 304 g/mol. The van der Waals surface area contributed by atoms with Gasteiger partial charge in [0.1, 0.15) is 0 Å². The first-order chi connectivity index (χ1) is 10.6. The summed E-state index contributed by atoms with van der Waals surface area (Å²) in [6, 6.07) is 8.07. The van der Waals surface area contributed by atoms with Gasteiger partial charge >= 0.3 is 6.03 Å². The monoisotopic (exact) mass is 304 g/mol. The molecule has 0 spiro atoms. The first-order valence-electron chi connectivity index (χ1n) is 7.99. The Labute approximate surface area is 131 Å². The smallest absolute Gasteiger partial charge is 0.321 e. The summed E-state index contributed by atoms with van der Waals surface area (Å²) in [5.74, 6) is -0.199. The number of anilines is 1. The lowest BCUT2D eigenvalue weighted by Gasteiger charge is -2.26. The van der Waals surface area contributed by atoms with Gasteiger partial charge in [-0.05, 0) is 30.9 Å². The average Bonchev–Trinajstić information content (AvgIpc) is 3.11. The van der Waals surface area contributed by atoms with Gasteiger partial charge in [-0.25, -0.2) is 4.79 Å². The maximum absolute atomic E-state index is 12.4. The minimum absolute atomic E-state index is 0.0183. The number of rotatable bonds is 4. The molecule has 2 aliphatic rings. The Morgan fingerprint density at radius 2 is 2.09 bits per heavy atom. The molecule has 22 heavy (non-hydrogen) atoms. The van der Waals surface area contributed by atoms with Gasteiger partial charge in [-0.2, -0.15) is 0 Å². The summed E-state index contributed by atoms with van der Waals surface area (Å²) < 4.78 is 11.2. The Morgan fingerprint density at radius 3 is 2.86 bits per heavy atom. The van der Waals surface area contributed by atoms with Gasteiger partial charge in [0.2, 0.25) is 0 Å². The summed E-state index contributed by atoms with van der Waals surface area (Å²) in [5, 5.41) is 3.03. The van der Waals surface area contributed by atoms with Crippen molar-refractivity contribution in [1.29, 1.82) is 0 Å². The minimum Gasteiger partial charge on any atom is -0.348 e. The molecule has 2 heterocycles. The van der Waals surface area contributed by atoms with Crippen LogP contribution in [-0.2, 0) is 15.9 Å². The highest BCUT2D eigenvalue weighted by molar-refractivity contribution is 5.94. The maximum Gasteiger partial charge on any atom is 0.321 e. The van der Waals surface area contributed by atoms with Gasteiger partial charge in [0.15, 0.2) is 5.79 Å². The van der Waals surface area contributed by atoms with E-state index in [9.17, 15) is 4.79 Å². The molecule has 1 aromatic carbocycles. The Morgan fingerprint density at radius 1 is 1.36 bits per heavy atom. The van der Waals surface area contributed by atoms with Gasteiger partial charge < -0.3 is 14.8 Å². The van der Waals surface area contributed by atoms with E-state index in [0.29, 0.717) is 25.7 Å². The third-order valence-corrected chi connectivity index (χ3v) is 4.35. The fourth-order valence-electron chi connectivity index (χ4n) is 3.29. The molecule has 1 atom stereocenters. The molecule has 0 saturated carbocycles. The van der Waals surface area contributed by atoms with E-state index in [0.717, 1.165) is 25.1 Å². The summed E-state index contributed by atoms with van der Waals surface area (Å²) in [6.45, 7) is 6.76. The van der Waals surface area contributed by atoms with E-state index in [2.05, 4.69) is 18.3 Å². The van der Waals surface area contributed by atoms with Crippen LogP contribution in [-0.4, -0.2) is 38.1 Å². The van der Waals surface area contributed by atoms with E-state index in [4.69, 9.17) is 9.47 Å². The molecule has 1 fully saturated rings. The predicted molar refractivity (Wildman–Crippen MR) is 85.0 cm³/mol. The highest BCUT2D eigenvalue weighted by Gasteiger charge is 2.33. The number of carbonyl (C=O) groups excluding carboxylic acids is 1. The lowest BCUT2D eigenvalue weighted by Crippen LogP contribution is -2.42. The number of hydrogen-bond donors (Lipinski definition) is 1. The van der Waals surface area contributed by atoms with Gasteiger partial charge in [-0.1, -0.05) is 25.1 Å². The lowest BCUT2D eigenvalue weighted by atomic mass is 10.0. The molecule has 5 nitrogen and oxygen atoms in total. The number of nitrogens with one attached hydrogen (secondary N) is 1. The van der Waals surface area contributed by atoms with Crippen LogP contribution >= 0.6 is 0 Å². The highest BCUT2D eigenvalue weighted by atomic mass is 16.7. The van der Waals surface area contributed by atoms with Crippen LogP contribution in [0.4, 0.5) is 10.5 Å². The molecular formula is C17H24N2O3. The molecule has 1 N–H and O–H groups in total. The van der Waals surface area contributed by atoms with Crippen molar-refractivity contribution in [3.8, 4) is 0 Å². The van der Waals surface area contributed by atoms with Gasteiger partial charge in [0, 0.05) is 25.2 Å². The molecule has 120 valence electrons. The molecule has 1 saturated heterocycles. The Bertz CT molecular complexity index is 540. The molecule has 0 bridgehead atoms. The topological polar surface area (TPSA) is 50.8 Å². The predicted octanol–water partition coefficient (Wildman–Crippen LogP) is 2.55. The number of para-hydroxylation sites is 1. The van der Waals surface area contributed by atoms with Crippen molar-refractivity contribution in [1.82, 2.24) is 5.32 Å². The minimum atomic E-state index is -0.496. The third-order valence-electron chi connectivity index (χ3n) is 4.35. The molecule has 5 heteroatoms. The zero-order chi connectivity index (χ0) is 15.6.